The van der Waals surface area contributed by atoms with Gasteiger partial charge in [-0.2, -0.15) is 0 Å². The lowest BCUT2D eigenvalue weighted by Crippen LogP contribution is -2.71. The summed E-state index contributed by atoms with van der Waals surface area (Å²) in [6, 6.07) is 0. The Balaban J connectivity index is 1.85. The zero-order chi connectivity index (χ0) is 26.1. The van der Waals surface area contributed by atoms with Crippen LogP contribution in [0.4, 0.5) is 8.78 Å². The van der Waals surface area contributed by atoms with E-state index in [1.165, 1.54) is 19.1 Å². The summed E-state index contributed by atoms with van der Waals surface area (Å²) >= 11 is 0. The zero-order valence-corrected chi connectivity index (χ0v) is 20.6. The molecule has 0 saturated heterocycles. The number of Topliss-reactive ketones (excluding diaryl/α,β-unsaturated/α-hetero) is 1. The van der Waals surface area contributed by atoms with E-state index in [4.69, 9.17) is 9.47 Å². The second kappa shape index (κ2) is 8.05. The lowest BCUT2D eigenvalue weighted by atomic mass is 9.44. The van der Waals surface area contributed by atoms with Crippen molar-refractivity contribution in [2.45, 2.75) is 77.4 Å². The summed E-state index contributed by atoms with van der Waals surface area (Å²) in [5, 5.41) is 11.4. The molecule has 9 heteroatoms. The average Bonchev–Trinajstić information content (AvgIpc) is 2.97. The number of rotatable bonds is 4. The number of carbonyl (C=O) groups is 4. The first kappa shape index (κ1) is 25.7. The molecule has 192 valence electrons. The fourth-order valence-electron chi connectivity index (χ4n) is 7.89. The van der Waals surface area contributed by atoms with E-state index in [1.54, 1.807) is 13.8 Å². The minimum absolute atomic E-state index is 0.00892. The van der Waals surface area contributed by atoms with Crippen molar-refractivity contribution < 1.29 is 42.5 Å². The van der Waals surface area contributed by atoms with Crippen LogP contribution in [-0.4, -0.2) is 58.8 Å². The molecule has 4 aliphatic carbocycles. The lowest BCUT2D eigenvalue weighted by molar-refractivity contribution is -0.231. The number of allylic oxidation sites excluding steroid dienone is 4. The molecule has 0 heterocycles. The number of carbonyl (C=O) groups excluding carboxylic acids is 4. The maximum absolute atomic E-state index is 17.3. The fraction of sp³-hybridized carbons (Fsp3) is 0.692. The van der Waals surface area contributed by atoms with E-state index in [0.717, 1.165) is 19.9 Å². The van der Waals surface area contributed by atoms with E-state index in [9.17, 15) is 24.3 Å². The Labute approximate surface area is 202 Å². The van der Waals surface area contributed by atoms with Gasteiger partial charge >= 0.3 is 11.9 Å². The summed E-state index contributed by atoms with van der Waals surface area (Å²) in [4.78, 5) is 49.1. The van der Waals surface area contributed by atoms with E-state index in [1.807, 2.05) is 0 Å². The molecule has 0 aromatic heterocycles. The van der Waals surface area contributed by atoms with Crippen molar-refractivity contribution in [3.05, 3.63) is 23.8 Å². The quantitative estimate of drug-likeness (QED) is 0.599. The molecule has 0 aromatic carbocycles. The average molecular weight is 495 g/mol. The molecule has 3 saturated carbocycles. The third-order valence-electron chi connectivity index (χ3n) is 9.29. The molecular formula is C26H32F2O7. The predicted octanol–water partition coefficient (Wildman–Crippen LogP) is 2.99. The number of ether oxygens (including phenoxy) is 2. The summed E-state index contributed by atoms with van der Waals surface area (Å²) in [7, 11) is 0. The Bertz CT molecular complexity index is 1050. The van der Waals surface area contributed by atoms with Gasteiger partial charge in [-0.25, -0.2) is 8.78 Å². The second-order valence-corrected chi connectivity index (χ2v) is 11.0. The molecule has 3 fully saturated rings. The van der Waals surface area contributed by atoms with E-state index >= 15 is 8.78 Å². The summed E-state index contributed by atoms with van der Waals surface area (Å²) in [5.41, 5.74) is -6.90. The van der Waals surface area contributed by atoms with Crippen molar-refractivity contribution in [2.75, 3.05) is 6.61 Å². The first-order valence-corrected chi connectivity index (χ1v) is 12.0. The molecule has 4 aliphatic rings. The smallest absolute Gasteiger partial charge is 0.303 e. The van der Waals surface area contributed by atoms with Gasteiger partial charge < -0.3 is 14.6 Å². The molecule has 0 amide bonds. The molecule has 9 atom stereocenters. The van der Waals surface area contributed by atoms with Crippen molar-refractivity contribution in [2.24, 2.45) is 28.6 Å². The van der Waals surface area contributed by atoms with E-state index in [0.29, 0.717) is 0 Å². The van der Waals surface area contributed by atoms with Crippen molar-refractivity contribution in [3.63, 3.8) is 0 Å². The molecule has 0 aromatic rings. The van der Waals surface area contributed by atoms with Gasteiger partial charge in [0.25, 0.3) is 0 Å². The normalized spacial score (nSPS) is 46.1. The first-order valence-electron chi connectivity index (χ1n) is 12.0. The Morgan fingerprint density at radius 1 is 1.14 bits per heavy atom. The molecule has 0 aliphatic heterocycles. The number of hydrogen-bond donors (Lipinski definition) is 1. The summed E-state index contributed by atoms with van der Waals surface area (Å²) < 4.78 is 43.5. The largest absolute Gasteiger partial charge is 0.458 e. The standard InChI is InChI=1S/C26H32F2O7/c1-13-8-17-18-10-20(27)19-9-16(31)6-7-23(19,4)25(18,28)21(32)11-24(17,5)26(13,35-15(3)30)22(33)12-34-14(2)29/h6-7,9,13,17-18,20-21,32H,8,10-12H2,1-5H3/t13-,17-,18-,20-,21-,23-,24-,25+,26-/m0/s1. The van der Waals surface area contributed by atoms with Crippen molar-refractivity contribution in [3.8, 4) is 0 Å². The van der Waals surface area contributed by atoms with Gasteiger partial charge in [0.1, 0.15) is 6.17 Å². The van der Waals surface area contributed by atoms with E-state index < -0.39 is 82.2 Å². The molecule has 0 radical (unpaired) electrons. The minimum atomic E-state index is -2.31. The van der Waals surface area contributed by atoms with Crippen LogP contribution >= 0.6 is 0 Å². The topological polar surface area (TPSA) is 107 Å². The van der Waals surface area contributed by atoms with Crippen molar-refractivity contribution in [1.29, 1.82) is 0 Å². The second-order valence-electron chi connectivity index (χ2n) is 11.0. The molecule has 7 nitrogen and oxygen atoms in total. The van der Waals surface area contributed by atoms with E-state index in [-0.39, 0.29) is 24.8 Å². The summed E-state index contributed by atoms with van der Waals surface area (Å²) in [6.07, 6.45) is 0.118. The van der Waals surface area contributed by atoms with Gasteiger partial charge in [0.2, 0.25) is 5.78 Å². The van der Waals surface area contributed by atoms with Gasteiger partial charge in [-0.1, -0.05) is 19.9 Å². The number of esters is 2. The monoisotopic (exact) mass is 494 g/mol. The van der Waals surface area contributed by atoms with Crippen molar-refractivity contribution in [1.82, 2.24) is 0 Å². The third-order valence-corrected chi connectivity index (χ3v) is 9.29. The Morgan fingerprint density at radius 3 is 2.40 bits per heavy atom. The third kappa shape index (κ3) is 3.22. The van der Waals surface area contributed by atoms with Gasteiger partial charge in [0, 0.05) is 36.5 Å². The highest BCUT2D eigenvalue weighted by molar-refractivity contribution is 6.01. The molecule has 0 bridgehead atoms. The van der Waals surface area contributed by atoms with Gasteiger partial charge in [-0.05, 0) is 49.8 Å². The number of fused-ring (bicyclic) bond motifs is 5. The molecule has 4 rings (SSSR count). The highest BCUT2D eigenvalue weighted by Crippen LogP contribution is 2.71. The van der Waals surface area contributed by atoms with Gasteiger partial charge in [-0.15, -0.1) is 0 Å². The van der Waals surface area contributed by atoms with Crippen LogP contribution in [0.1, 0.15) is 53.9 Å². The Hall–Kier alpha value is -2.42. The SMILES string of the molecule is CC(=O)OCC(=O)[C@@]1(OC(C)=O)[C@@H](C)C[C@H]2[C@@H]3C[C@H](F)C4=CC(=O)C=C[C@]4(C)[C@]3(F)[C@@H](O)C[C@@]21C. The van der Waals surface area contributed by atoms with Crippen LogP contribution < -0.4 is 0 Å². The van der Waals surface area contributed by atoms with Crippen LogP contribution in [0.15, 0.2) is 23.8 Å². The molecule has 0 spiro atoms. The first-order chi connectivity index (χ1) is 16.1. The van der Waals surface area contributed by atoms with Gasteiger partial charge in [0.05, 0.1) is 6.10 Å². The van der Waals surface area contributed by atoms with Crippen molar-refractivity contribution >= 4 is 23.5 Å². The Kier molecular flexibility index (Phi) is 5.90. The number of alkyl halides is 2. The van der Waals surface area contributed by atoms with Gasteiger partial charge in [0.15, 0.2) is 23.7 Å². The molecule has 35 heavy (non-hydrogen) atoms. The molecule has 1 N–H and O–H groups in total. The van der Waals surface area contributed by atoms with Crippen LogP contribution in [0.5, 0.6) is 0 Å². The number of aliphatic hydroxyl groups is 1. The molecular weight excluding hydrogens is 462 g/mol. The maximum atomic E-state index is 17.3. The lowest BCUT2D eigenvalue weighted by Gasteiger charge is -2.63. The predicted molar refractivity (Wildman–Crippen MR) is 119 cm³/mol. The number of halogens is 2. The van der Waals surface area contributed by atoms with Crippen LogP contribution in [-0.2, 0) is 28.7 Å². The number of ketones is 2. The molecule has 0 unspecified atom stereocenters. The highest BCUT2D eigenvalue weighted by atomic mass is 19.1. The zero-order valence-electron chi connectivity index (χ0n) is 20.6. The minimum Gasteiger partial charge on any atom is -0.458 e. The van der Waals surface area contributed by atoms with Crippen LogP contribution in [0.3, 0.4) is 0 Å². The maximum Gasteiger partial charge on any atom is 0.303 e. The van der Waals surface area contributed by atoms with E-state index in [2.05, 4.69) is 0 Å². The van der Waals surface area contributed by atoms with Gasteiger partial charge in [-0.3, -0.25) is 19.2 Å². The van der Waals surface area contributed by atoms with Crippen LogP contribution in [0.25, 0.3) is 0 Å². The van der Waals surface area contributed by atoms with Crippen LogP contribution in [0, 0.1) is 28.6 Å². The fourth-order valence-corrected chi connectivity index (χ4v) is 7.89. The number of aliphatic hydroxyl groups excluding tert-OH is 1. The van der Waals surface area contributed by atoms with Crippen LogP contribution in [0.2, 0.25) is 0 Å². The Morgan fingerprint density at radius 2 is 1.80 bits per heavy atom. The summed E-state index contributed by atoms with van der Waals surface area (Å²) in [5.74, 6) is -4.77. The summed E-state index contributed by atoms with van der Waals surface area (Å²) in [6.45, 7) is 6.52. The number of hydrogen-bond acceptors (Lipinski definition) is 7. The highest BCUT2D eigenvalue weighted by Gasteiger charge is 2.78.